The Morgan fingerprint density at radius 1 is 1.26 bits per heavy atom. The highest BCUT2D eigenvalue weighted by Gasteiger charge is 2.07. The van der Waals surface area contributed by atoms with Crippen LogP contribution in [0.3, 0.4) is 0 Å². The Morgan fingerprint density at radius 2 is 1.89 bits per heavy atom. The number of urea groups is 1. The molecule has 5 N–H and O–H groups in total. The molecule has 0 bridgehead atoms. The number of hydrogen-bond acceptors (Lipinski definition) is 3. The molecule has 0 heterocycles. The molecule has 1 aromatic carbocycles. The monoisotopic (exact) mass is 265 g/mol. The minimum Gasteiger partial charge on any atom is -0.396 e. The summed E-state index contributed by atoms with van der Waals surface area (Å²) in [5, 5.41) is 14.1. The second-order valence-electron chi connectivity index (χ2n) is 4.41. The summed E-state index contributed by atoms with van der Waals surface area (Å²) in [6.07, 6.45) is 0. The van der Waals surface area contributed by atoms with Gasteiger partial charge in [-0.3, -0.25) is 4.79 Å². The maximum Gasteiger partial charge on any atom is 0.312 e. The zero-order chi connectivity index (χ0) is 14.3. The molecule has 19 heavy (non-hydrogen) atoms. The van der Waals surface area contributed by atoms with Crippen molar-refractivity contribution in [3.8, 4) is 0 Å². The first-order valence-corrected chi connectivity index (χ1v) is 6.04. The van der Waals surface area contributed by atoms with Crippen LogP contribution in [0.4, 0.5) is 4.79 Å². The van der Waals surface area contributed by atoms with E-state index < -0.39 is 6.03 Å². The van der Waals surface area contributed by atoms with Gasteiger partial charge in [0, 0.05) is 25.3 Å². The van der Waals surface area contributed by atoms with Crippen molar-refractivity contribution in [1.82, 2.24) is 10.6 Å². The van der Waals surface area contributed by atoms with E-state index in [1.54, 1.807) is 24.3 Å². The van der Waals surface area contributed by atoms with Gasteiger partial charge in [-0.15, -0.1) is 0 Å². The molecule has 1 unspecified atom stereocenters. The van der Waals surface area contributed by atoms with Gasteiger partial charge >= 0.3 is 6.03 Å². The molecule has 1 rings (SSSR count). The predicted octanol–water partition coefficient (Wildman–Crippen LogP) is 0.213. The molecule has 0 aromatic heterocycles. The predicted molar refractivity (Wildman–Crippen MR) is 71.4 cm³/mol. The second-order valence-corrected chi connectivity index (χ2v) is 4.41. The maximum absolute atomic E-state index is 11.8. The number of carbonyl (C=O) groups is 2. The Balaban J connectivity index is 2.50. The van der Waals surface area contributed by atoms with Crippen molar-refractivity contribution in [1.29, 1.82) is 0 Å². The minimum absolute atomic E-state index is 0.0305. The molecule has 0 fully saturated rings. The van der Waals surface area contributed by atoms with Crippen LogP contribution in [0.25, 0.3) is 0 Å². The van der Waals surface area contributed by atoms with Gasteiger partial charge in [0.1, 0.15) is 0 Å². The lowest BCUT2D eigenvalue weighted by atomic mass is 10.1. The van der Waals surface area contributed by atoms with E-state index in [2.05, 4.69) is 10.6 Å². The third-order valence-corrected chi connectivity index (χ3v) is 2.61. The summed E-state index contributed by atoms with van der Waals surface area (Å²) in [4.78, 5) is 22.3. The highest BCUT2D eigenvalue weighted by Crippen LogP contribution is 2.04. The van der Waals surface area contributed by atoms with Gasteiger partial charge in [0.15, 0.2) is 0 Å². The van der Waals surface area contributed by atoms with Crippen LogP contribution in [0.15, 0.2) is 24.3 Å². The second kappa shape index (κ2) is 7.38. The number of carbonyl (C=O) groups excluding carboxylic acids is 2. The largest absolute Gasteiger partial charge is 0.396 e. The van der Waals surface area contributed by atoms with Gasteiger partial charge in [-0.1, -0.05) is 19.1 Å². The molecule has 3 amide bonds. The van der Waals surface area contributed by atoms with Gasteiger partial charge in [-0.05, 0) is 23.6 Å². The number of hydrogen-bond donors (Lipinski definition) is 4. The molecular weight excluding hydrogens is 246 g/mol. The molecule has 0 aliphatic heterocycles. The number of primary amides is 1. The van der Waals surface area contributed by atoms with Crippen molar-refractivity contribution in [2.24, 2.45) is 11.7 Å². The van der Waals surface area contributed by atoms with E-state index in [1.165, 1.54) is 0 Å². The molecule has 104 valence electrons. The summed E-state index contributed by atoms with van der Waals surface area (Å²) < 4.78 is 0. The van der Waals surface area contributed by atoms with E-state index in [4.69, 9.17) is 10.8 Å². The first kappa shape index (κ1) is 15.0. The Hall–Kier alpha value is -2.08. The average molecular weight is 265 g/mol. The number of amides is 3. The van der Waals surface area contributed by atoms with Gasteiger partial charge in [0.05, 0.1) is 0 Å². The van der Waals surface area contributed by atoms with E-state index in [9.17, 15) is 9.59 Å². The molecular formula is C13H19N3O3. The molecule has 1 atom stereocenters. The van der Waals surface area contributed by atoms with Crippen molar-refractivity contribution in [3.05, 3.63) is 35.4 Å². The van der Waals surface area contributed by atoms with Crippen LogP contribution in [0.2, 0.25) is 0 Å². The SMILES string of the molecule is CC(CO)CNC(=O)c1ccc(CNC(N)=O)cc1. The lowest BCUT2D eigenvalue weighted by molar-refractivity contribution is 0.0942. The molecule has 0 aliphatic rings. The number of aliphatic hydroxyl groups excluding tert-OH is 1. The number of rotatable bonds is 6. The standard InChI is InChI=1S/C13H19N3O3/c1-9(8-17)6-15-12(18)11-4-2-10(3-5-11)7-16-13(14)19/h2-5,9,17H,6-8H2,1H3,(H,15,18)(H3,14,16,19). The van der Waals surface area contributed by atoms with Gasteiger partial charge in [-0.2, -0.15) is 0 Å². The molecule has 0 spiro atoms. The fraction of sp³-hybridized carbons (Fsp3) is 0.385. The fourth-order valence-electron chi connectivity index (χ4n) is 1.40. The van der Waals surface area contributed by atoms with Gasteiger partial charge in [0.25, 0.3) is 5.91 Å². The third kappa shape index (κ3) is 5.39. The topological polar surface area (TPSA) is 104 Å². The van der Waals surface area contributed by atoms with Crippen LogP contribution in [-0.4, -0.2) is 30.2 Å². The first-order chi connectivity index (χ1) is 9.02. The van der Waals surface area contributed by atoms with E-state index in [0.717, 1.165) is 5.56 Å². The lowest BCUT2D eigenvalue weighted by Gasteiger charge is -2.10. The Labute approximate surface area is 112 Å². The molecule has 0 saturated carbocycles. The Morgan fingerprint density at radius 3 is 2.42 bits per heavy atom. The highest BCUT2D eigenvalue weighted by atomic mass is 16.3. The molecule has 6 heteroatoms. The lowest BCUT2D eigenvalue weighted by Crippen LogP contribution is -2.30. The van der Waals surface area contributed by atoms with Gasteiger partial charge < -0.3 is 21.5 Å². The molecule has 1 aromatic rings. The van der Waals surface area contributed by atoms with Crippen LogP contribution < -0.4 is 16.4 Å². The van der Waals surface area contributed by atoms with Gasteiger partial charge in [-0.25, -0.2) is 4.79 Å². The van der Waals surface area contributed by atoms with Crippen molar-refractivity contribution in [2.45, 2.75) is 13.5 Å². The number of nitrogens with one attached hydrogen (secondary N) is 2. The number of aliphatic hydroxyl groups is 1. The summed E-state index contributed by atoms with van der Waals surface area (Å²) in [5.74, 6) is -0.155. The average Bonchev–Trinajstić information content (AvgIpc) is 2.42. The van der Waals surface area contributed by atoms with Crippen molar-refractivity contribution < 1.29 is 14.7 Å². The van der Waals surface area contributed by atoms with E-state index in [-0.39, 0.29) is 18.4 Å². The Bertz CT molecular complexity index is 431. The fourth-order valence-corrected chi connectivity index (χ4v) is 1.40. The van der Waals surface area contributed by atoms with Gasteiger partial charge in [0.2, 0.25) is 0 Å². The smallest absolute Gasteiger partial charge is 0.312 e. The van der Waals surface area contributed by atoms with Crippen LogP contribution in [-0.2, 0) is 6.54 Å². The Kier molecular flexibility index (Phi) is 5.81. The minimum atomic E-state index is -0.584. The summed E-state index contributed by atoms with van der Waals surface area (Å²) in [6.45, 7) is 2.65. The quantitative estimate of drug-likeness (QED) is 0.591. The zero-order valence-corrected chi connectivity index (χ0v) is 10.8. The normalized spacial score (nSPS) is 11.7. The number of nitrogens with two attached hydrogens (primary N) is 1. The maximum atomic E-state index is 11.8. The summed E-state index contributed by atoms with van der Waals surface area (Å²) >= 11 is 0. The van der Waals surface area contributed by atoms with E-state index in [1.807, 2.05) is 6.92 Å². The van der Waals surface area contributed by atoms with Crippen LogP contribution >= 0.6 is 0 Å². The van der Waals surface area contributed by atoms with Crippen LogP contribution in [0, 0.1) is 5.92 Å². The zero-order valence-electron chi connectivity index (χ0n) is 10.8. The van der Waals surface area contributed by atoms with Crippen LogP contribution in [0.5, 0.6) is 0 Å². The summed E-state index contributed by atoms with van der Waals surface area (Å²) in [6, 6.07) is 6.27. The number of benzene rings is 1. The van der Waals surface area contributed by atoms with Crippen molar-refractivity contribution in [2.75, 3.05) is 13.2 Å². The molecule has 0 saturated heterocycles. The van der Waals surface area contributed by atoms with E-state index >= 15 is 0 Å². The van der Waals surface area contributed by atoms with E-state index in [0.29, 0.717) is 18.7 Å². The molecule has 0 radical (unpaired) electrons. The van der Waals surface area contributed by atoms with Crippen LogP contribution in [0.1, 0.15) is 22.8 Å². The summed E-state index contributed by atoms with van der Waals surface area (Å²) in [7, 11) is 0. The molecule has 0 aliphatic carbocycles. The first-order valence-electron chi connectivity index (χ1n) is 6.04. The third-order valence-electron chi connectivity index (χ3n) is 2.61. The molecule has 6 nitrogen and oxygen atoms in total. The summed E-state index contributed by atoms with van der Waals surface area (Å²) in [5.41, 5.74) is 6.36. The van der Waals surface area contributed by atoms with Crippen molar-refractivity contribution in [3.63, 3.8) is 0 Å². The highest BCUT2D eigenvalue weighted by molar-refractivity contribution is 5.94. The van der Waals surface area contributed by atoms with Crippen molar-refractivity contribution >= 4 is 11.9 Å².